The van der Waals surface area contributed by atoms with Crippen molar-refractivity contribution in [1.29, 1.82) is 0 Å². The summed E-state index contributed by atoms with van der Waals surface area (Å²) in [5.41, 5.74) is 3.94. The van der Waals surface area contributed by atoms with E-state index < -0.39 is 34.0 Å². The number of nitrogens with two attached hydrogens (primary N) is 1. The zero-order chi connectivity index (χ0) is 20.4. The van der Waals surface area contributed by atoms with E-state index in [1.807, 2.05) is 30.3 Å². The molecule has 0 bridgehead atoms. The summed E-state index contributed by atoms with van der Waals surface area (Å²) < 4.78 is 10.5. The molecule has 7 nitrogen and oxygen atoms in total. The molecule has 1 rings (SSSR count). The number of benzene rings is 1. The fourth-order valence-corrected chi connectivity index (χ4v) is 2.59. The van der Waals surface area contributed by atoms with Crippen LogP contribution >= 0.6 is 8.60 Å². The van der Waals surface area contributed by atoms with Crippen LogP contribution in [0.5, 0.6) is 5.75 Å². The summed E-state index contributed by atoms with van der Waals surface area (Å²) in [4.78, 5) is 9.60. The largest absolute Gasteiger partial charge is 0.427 e. The summed E-state index contributed by atoms with van der Waals surface area (Å²) in [5, 5.41) is 25.0. The van der Waals surface area contributed by atoms with Gasteiger partial charge in [0.15, 0.2) is 0 Å². The summed E-state index contributed by atoms with van der Waals surface area (Å²) in [7, 11) is -1.79. The molecule has 0 fully saturated rings. The van der Waals surface area contributed by atoms with Crippen LogP contribution in [0, 0.1) is 0 Å². The molecule has 0 heterocycles. The summed E-state index contributed by atoms with van der Waals surface area (Å²) >= 11 is 0. The molecular weight excluding hydrogens is 369 g/mol. The molecule has 0 radical (unpaired) electrons. The van der Waals surface area contributed by atoms with E-state index in [9.17, 15) is 4.89 Å². The van der Waals surface area contributed by atoms with Crippen LogP contribution in [0.25, 0.3) is 0 Å². The number of rotatable bonds is 14. The second-order valence-electron chi connectivity index (χ2n) is 6.43. The molecular formula is C19H36NO6P. The predicted octanol–water partition coefficient (Wildman–Crippen LogP) is 2.71. The highest BCUT2D eigenvalue weighted by Gasteiger charge is 2.20. The van der Waals surface area contributed by atoms with Gasteiger partial charge in [0.25, 0.3) is 0 Å². The first-order chi connectivity index (χ1) is 13.0. The minimum absolute atomic E-state index is 0.403. The zero-order valence-corrected chi connectivity index (χ0v) is 17.2. The number of aliphatic hydroxyl groups excluding tert-OH is 3. The van der Waals surface area contributed by atoms with E-state index in [0.29, 0.717) is 12.4 Å². The molecule has 1 unspecified atom stereocenters. The van der Waals surface area contributed by atoms with Crippen LogP contribution in [0.3, 0.4) is 0 Å². The Bertz CT molecular complexity index is 425. The molecule has 6 N–H and O–H groups in total. The lowest BCUT2D eigenvalue weighted by atomic mass is 10.1. The molecule has 27 heavy (non-hydrogen) atoms. The van der Waals surface area contributed by atoms with Gasteiger partial charge in [-0.1, -0.05) is 63.6 Å². The molecule has 158 valence electrons. The second-order valence-corrected chi connectivity index (χ2v) is 7.35. The van der Waals surface area contributed by atoms with Crippen LogP contribution < -0.4 is 10.3 Å². The lowest BCUT2D eigenvalue weighted by Gasteiger charge is -2.20. The van der Waals surface area contributed by atoms with Gasteiger partial charge in [0.2, 0.25) is 0 Å². The number of hydrogen-bond acceptors (Lipinski definition) is 7. The summed E-state index contributed by atoms with van der Waals surface area (Å²) in [6.45, 7) is 1.59. The normalized spacial score (nSPS) is 12.2. The van der Waals surface area contributed by atoms with Crippen molar-refractivity contribution in [3.63, 3.8) is 0 Å². The van der Waals surface area contributed by atoms with Gasteiger partial charge in [-0.2, -0.15) is 0 Å². The summed E-state index contributed by atoms with van der Waals surface area (Å²) in [5.74, 6) is 0.649. The van der Waals surface area contributed by atoms with E-state index >= 15 is 0 Å². The average Bonchev–Trinajstić information content (AvgIpc) is 2.70. The van der Waals surface area contributed by atoms with Gasteiger partial charge in [0, 0.05) is 0 Å². The van der Waals surface area contributed by atoms with Gasteiger partial charge in [-0.05, 0) is 18.6 Å². The van der Waals surface area contributed by atoms with E-state index in [1.54, 1.807) is 0 Å². The van der Waals surface area contributed by atoms with E-state index in [4.69, 9.17) is 30.1 Å². The average molecular weight is 405 g/mol. The first-order valence-electron chi connectivity index (χ1n) is 9.47. The molecule has 0 saturated heterocycles. The van der Waals surface area contributed by atoms with E-state index in [0.717, 1.165) is 12.8 Å². The van der Waals surface area contributed by atoms with Crippen LogP contribution in [0.1, 0.15) is 51.9 Å². The molecule has 0 aromatic heterocycles. The highest BCUT2D eigenvalue weighted by atomic mass is 31.2. The molecule has 1 aromatic rings. The van der Waals surface area contributed by atoms with Crippen molar-refractivity contribution >= 4 is 8.60 Å². The van der Waals surface area contributed by atoms with E-state index in [2.05, 4.69) is 6.92 Å². The van der Waals surface area contributed by atoms with E-state index in [1.165, 1.54) is 32.1 Å². The van der Waals surface area contributed by atoms with Crippen molar-refractivity contribution in [1.82, 2.24) is 0 Å². The Morgan fingerprint density at radius 3 is 1.89 bits per heavy atom. The Balaban J connectivity index is 0.000000713. The van der Waals surface area contributed by atoms with Crippen LogP contribution in [0.2, 0.25) is 0 Å². The van der Waals surface area contributed by atoms with Gasteiger partial charge < -0.3 is 35.0 Å². The second kappa shape index (κ2) is 17.3. The maximum absolute atomic E-state index is 9.60. The first-order valence-corrected chi connectivity index (χ1v) is 10.6. The SMILES string of the molecule is CCCCCCCCCOP(O)Oc1ccccc1.NC(CO)(CO)CO. The third-order valence-electron chi connectivity index (χ3n) is 3.82. The summed E-state index contributed by atoms with van der Waals surface area (Å²) in [6, 6.07) is 9.26. The highest BCUT2D eigenvalue weighted by Crippen LogP contribution is 2.34. The number of hydrogen-bond donors (Lipinski definition) is 5. The fourth-order valence-electron chi connectivity index (χ4n) is 1.95. The molecule has 1 atom stereocenters. The van der Waals surface area contributed by atoms with Crippen molar-refractivity contribution in [2.75, 3.05) is 26.4 Å². The van der Waals surface area contributed by atoms with Gasteiger partial charge in [-0.25, -0.2) is 0 Å². The minimum Gasteiger partial charge on any atom is -0.427 e. The molecule has 0 aliphatic carbocycles. The van der Waals surface area contributed by atoms with Crippen molar-refractivity contribution in [2.45, 2.75) is 57.4 Å². The number of para-hydroxylation sites is 1. The Kier molecular flexibility index (Phi) is 16.8. The number of aliphatic hydroxyl groups is 3. The third kappa shape index (κ3) is 14.9. The van der Waals surface area contributed by atoms with E-state index in [-0.39, 0.29) is 0 Å². The van der Waals surface area contributed by atoms with Crippen molar-refractivity contribution in [2.24, 2.45) is 5.73 Å². The Hall–Kier alpha value is -0.790. The molecule has 8 heteroatoms. The number of unbranched alkanes of at least 4 members (excludes halogenated alkanes) is 6. The lowest BCUT2D eigenvalue weighted by Crippen LogP contribution is -2.50. The predicted molar refractivity (Wildman–Crippen MR) is 108 cm³/mol. The zero-order valence-electron chi connectivity index (χ0n) is 16.3. The Morgan fingerprint density at radius 1 is 0.889 bits per heavy atom. The molecule has 0 spiro atoms. The lowest BCUT2D eigenvalue weighted by molar-refractivity contribution is 0.0697. The maximum Gasteiger partial charge on any atom is 0.394 e. The van der Waals surface area contributed by atoms with Crippen molar-refractivity contribution in [3.05, 3.63) is 30.3 Å². The van der Waals surface area contributed by atoms with Gasteiger partial charge in [0.1, 0.15) is 5.75 Å². The quantitative estimate of drug-likeness (QED) is 0.238. The smallest absolute Gasteiger partial charge is 0.394 e. The van der Waals surface area contributed by atoms with Gasteiger partial charge in [-0.3, -0.25) is 0 Å². The highest BCUT2D eigenvalue weighted by molar-refractivity contribution is 7.41. The van der Waals surface area contributed by atoms with Crippen molar-refractivity contribution in [3.8, 4) is 5.75 Å². The fraction of sp³-hybridized carbons (Fsp3) is 0.684. The monoisotopic (exact) mass is 405 g/mol. The topological polar surface area (TPSA) is 125 Å². The van der Waals surface area contributed by atoms with Gasteiger partial charge >= 0.3 is 8.60 Å². The Morgan fingerprint density at radius 2 is 1.41 bits per heavy atom. The molecule has 0 saturated carbocycles. The molecule has 0 amide bonds. The maximum atomic E-state index is 9.60. The van der Waals surface area contributed by atoms with Crippen LogP contribution in [-0.4, -0.2) is 52.2 Å². The Labute approximate surface area is 164 Å². The van der Waals surface area contributed by atoms with Crippen LogP contribution in [0.4, 0.5) is 0 Å². The van der Waals surface area contributed by atoms with Gasteiger partial charge in [0.05, 0.1) is 32.0 Å². The molecule has 1 aromatic carbocycles. The van der Waals surface area contributed by atoms with Crippen molar-refractivity contribution < 1.29 is 29.3 Å². The van der Waals surface area contributed by atoms with Crippen LogP contribution in [-0.2, 0) is 4.52 Å². The molecule has 0 aliphatic heterocycles. The summed E-state index contributed by atoms with van der Waals surface area (Å²) in [6.07, 6.45) is 8.68. The van der Waals surface area contributed by atoms with Crippen LogP contribution in [0.15, 0.2) is 30.3 Å². The minimum atomic E-state index is -1.79. The standard InChI is InChI=1S/C15H25O3P.C4H11NO3/c1-2-3-4-5-6-7-11-14-17-19(16)18-15-12-9-8-10-13-15;5-4(1-6,2-7)3-8/h8-10,12-13,16H,2-7,11,14H2,1H3;6-8H,1-3,5H2. The third-order valence-corrected chi connectivity index (χ3v) is 4.59. The molecule has 0 aliphatic rings. The van der Waals surface area contributed by atoms with Gasteiger partial charge in [-0.15, -0.1) is 0 Å². The first kappa shape index (κ1) is 26.2.